The van der Waals surface area contributed by atoms with Gasteiger partial charge in [0.25, 0.3) is 5.91 Å². The molecule has 5 heteroatoms. The second kappa shape index (κ2) is 5.52. The number of carbonyl (C=O) groups excluding carboxylic acids is 1. The minimum atomic E-state index is -1.01. The quantitative estimate of drug-likeness (QED) is 0.813. The van der Waals surface area contributed by atoms with Crippen molar-refractivity contribution >= 4 is 11.9 Å². The van der Waals surface area contributed by atoms with Gasteiger partial charge in [0.15, 0.2) is 0 Å². The first kappa shape index (κ1) is 13.3. The van der Waals surface area contributed by atoms with Crippen molar-refractivity contribution < 1.29 is 14.7 Å². The van der Waals surface area contributed by atoms with Crippen molar-refractivity contribution in [2.75, 3.05) is 0 Å². The third-order valence-corrected chi connectivity index (χ3v) is 2.62. The van der Waals surface area contributed by atoms with Crippen molar-refractivity contribution in [1.29, 1.82) is 0 Å². The van der Waals surface area contributed by atoms with Crippen molar-refractivity contribution in [3.63, 3.8) is 0 Å². The maximum absolute atomic E-state index is 11.9. The van der Waals surface area contributed by atoms with Gasteiger partial charge in [-0.2, -0.15) is 0 Å². The van der Waals surface area contributed by atoms with Crippen LogP contribution >= 0.6 is 0 Å². The SMILES string of the molecule is CCn1cccc1C(=O)NC(C(=O)O)C(C)C. The van der Waals surface area contributed by atoms with Crippen LogP contribution in [0.5, 0.6) is 0 Å². The Labute approximate surface area is 100 Å². The van der Waals surface area contributed by atoms with E-state index in [4.69, 9.17) is 5.11 Å². The van der Waals surface area contributed by atoms with Gasteiger partial charge < -0.3 is 15.0 Å². The molecule has 94 valence electrons. The van der Waals surface area contributed by atoms with Crippen molar-refractivity contribution in [2.45, 2.75) is 33.4 Å². The van der Waals surface area contributed by atoms with Crippen LogP contribution < -0.4 is 5.32 Å². The molecule has 17 heavy (non-hydrogen) atoms. The van der Waals surface area contributed by atoms with E-state index in [0.29, 0.717) is 12.2 Å². The number of carboxylic acids is 1. The summed E-state index contributed by atoms with van der Waals surface area (Å²) in [6.45, 7) is 6.12. The maximum atomic E-state index is 11.9. The molecule has 0 fully saturated rings. The van der Waals surface area contributed by atoms with Gasteiger partial charge in [0.05, 0.1) is 0 Å². The third-order valence-electron chi connectivity index (χ3n) is 2.62. The molecular formula is C12H18N2O3. The molecule has 1 amide bonds. The number of carboxylic acid groups (broad SMARTS) is 1. The Hall–Kier alpha value is -1.78. The van der Waals surface area contributed by atoms with Crippen LogP contribution in [0.4, 0.5) is 0 Å². The van der Waals surface area contributed by atoms with E-state index in [1.807, 2.05) is 6.92 Å². The van der Waals surface area contributed by atoms with Gasteiger partial charge in [-0.25, -0.2) is 4.79 Å². The van der Waals surface area contributed by atoms with Crippen LogP contribution in [0.25, 0.3) is 0 Å². The second-order valence-electron chi connectivity index (χ2n) is 4.21. The highest BCUT2D eigenvalue weighted by Crippen LogP contribution is 2.06. The zero-order valence-corrected chi connectivity index (χ0v) is 10.3. The minimum absolute atomic E-state index is 0.151. The van der Waals surface area contributed by atoms with E-state index in [1.165, 1.54) is 0 Å². The Morgan fingerprint density at radius 3 is 2.59 bits per heavy atom. The fraction of sp³-hybridized carbons (Fsp3) is 0.500. The van der Waals surface area contributed by atoms with Crippen LogP contribution in [-0.4, -0.2) is 27.6 Å². The van der Waals surface area contributed by atoms with Gasteiger partial charge in [-0.3, -0.25) is 4.79 Å². The summed E-state index contributed by atoms with van der Waals surface area (Å²) >= 11 is 0. The third kappa shape index (κ3) is 3.09. The van der Waals surface area contributed by atoms with Gasteiger partial charge >= 0.3 is 5.97 Å². The van der Waals surface area contributed by atoms with E-state index < -0.39 is 12.0 Å². The summed E-state index contributed by atoms with van der Waals surface area (Å²) in [6, 6.07) is 2.59. The zero-order valence-electron chi connectivity index (χ0n) is 10.3. The summed E-state index contributed by atoms with van der Waals surface area (Å²) < 4.78 is 1.77. The van der Waals surface area contributed by atoms with E-state index in [1.54, 1.807) is 36.7 Å². The van der Waals surface area contributed by atoms with Crippen LogP contribution in [0.1, 0.15) is 31.3 Å². The fourth-order valence-electron chi connectivity index (χ4n) is 1.62. The smallest absolute Gasteiger partial charge is 0.326 e. The summed E-state index contributed by atoms with van der Waals surface area (Å²) in [5.41, 5.74) is 0.486. The van der Waals surface area contributed by atoms with Gasteiger partial charge in [0.1, 0.15) is 11.7 Å². The molecule has 0 spiro atoms. The number of aromatic nitrogens is 1. The van der Waals surface area contributed by atoms with Gasteiger partial charge in [-0.15, -0.1) is 0 Å². The van der Waals surface area contributed by atoms with E-state index in [9.17, 15) is 9.59 Å². The first-order valence-corrected chi connectivity index (χ1v) is 5.66. The molecule has 1 aromatic rings. The highest BCUT2D eigenvalue weighted by atomic mass is 16.4. The highest BCUT2D eigenvalue weighted by Gasteiger charge is 2.24. The summed E-state index contributed by atoms with van der Waals surface area (Å²) in [4.78, 5) is 22.9. The standard InChI is InChI=1S/C12H18N2O3/c1-4-14-7-5-6-9(14)11(15)13-10(8(2)3)12(16)17/h5-8,10H,4H2,1-3H3,(H,13,15)(H,16,17). The Morgan fingerprint density at radius 1 is 1.47 bits per heavy atom. The number of aryl methyl sites for hydroxylation is 1. The molecule has 0 saturated carbocycles. The molecule has 0 aliphatic rings. The number of nitrogens with zero attached hydrogens (tertiary/aromatic N) is 1. The van der Waals surface area contributed by atoms with Crippen molar-refractivity contribution in [3.8, 4) is 0 Å². The first-order chi connectivity index (χ1) is 7.97. The summed E-state index contributed by atoms with van der Waals surface area (Å²) in [5.74, 6) is -1.51. The van der Waals surface area contributed by atoms with Gasteiger partial charge in [0, 0.05) is 12.7 Å². The number of hydrogen-bond donors (Lipinski definition) is 2. The number of carbonyl (C=O) groups is 2. The molecule has 1 unspecified atom stereocenters. The molecule has 0 radical (unpaired) electrons. The van der Waals surface area contributed by atoms with E-state index in [2.05, 4.69) is 5.32 Å². The number of aliphatic carboxylic acids is 1. The average molecular weight is 238 g/mol. The molecule has 0 saturated heterocycles. The predicted molar refractivity (Wildman–Crippen MR) is 63.8 cm³/mol. The molecule has 0 bridgehead atoms. The molecule has 0 aliphatic carbocycles. The lowest BCUT2D eigenvalue weighted by Gasteiger charge is -2.18. The Balaban J connectivity index is 2.81. The second-order valence-corrected chi connectivity index (χ2v) is 4.21. The van der Waals surface area contributed by atoms with Crippen LogP contribution in [0.3, 0.4) is 0 Å². The highest BCUT2D eigenvalue weighted by molar-refractivity contribution is 5.95. The Bertz CT molecular complexity index is 410. The van der Waals surface area contributed by atoms with Crippen molar-refractivity contribution in [3.05, 3.63) is 24.0 Å². The normalized spacial score (nSPS) is 12.5. The van der Waals surface area contributed by atoms with Gasteiger partial charge in [-0.1, -0.05) is 13.8 Å². The fourth-order valence-corrected chi connectivity index (χ4v) is 1.62. The first-order valence-electron chi connectivity index (χ1n) is 5.66. The molecule has 1 atom stereocenters. The summed E-state index contributed by atoms with van der Waals surface area (Å²) in [7, 11) is 0. The summed E-state index contributed by atoms with van der Waals surface area (Å²) in [5, 5.41) is 11.5. The van der Waals surface area contributed by atoms with Gasteiger partial charge in [0.2, 0.25) is 0 Å². The molecule has 0 aliphatic heterocycles. The predicted octanol–water partition coefficient (Wildman–Crippen LogP) is 1.35. The molecule has 1 aromatic heterocycles. The zero-order chi connectivity index (χ0) is 13.0. The molecule has 0 aromatic carbocycles. The van der Waals surface area contributed by atoms with E-state index >= 15 is 0 Å². The minimum Gasteiger partial charge on any atom is -0.480 e. The number of hydrogen-bond acceptors (Lipinski definition) is 2. The molecular weight excluding hydrogens is 220 g/mol. The lowest BCUT2D eigenvalue weighted by atomic mass is 10.0. The molecule has 1 heterocycles. The monoisotopic (exact) mass is 238 g/mol. The topological polar surface area (TPSA) is 71.3 Å². The molecule has 2 N–H and O–H groups in total. The van der Waals surface area contributed by atoms with Crippen molar-refractivity contribution in [2.24, 2.45) is 5.92 Å². The molecule has 5 nitrogen and oxygen atoms in total. The van der Waals surface area contributed by atoms with Crippen molar-refractivity contribution in [1.82, 2.24) is 9.88 Å². The van der Waals surface area contributed by atoms with Crippen LogP contribution in [0, 0.1) is 5.92 Å². The van der Waals surface area contributed by atoms with E-state index in [0.717, 1.165) is 0 Å². The average Bonchev–Trinajstić information content (AvgIpc) is 2.72. The number of rotatable bonds is 5. The van der Waals surface area contributed by atoms with Crippen LogP contribution in [-0.2, 0) is 11.3 Å². The summed E-state index contributed by atoms with van der Waals surface area (Å²) in [6.07, 6.45) is 1.79. The Kier molecular flexibility index (Phi) is 4.31. The maximum Gasteiger partial charge on any atom is 0.326 e. The van der Waals surface area contributed by atoms with Crippen LogP contribution in [0.2, 0.25) is 0 Å². The Morgan fingerprint density at radius 2 is 2.12 bits per heavy atom. The van der Waals surface area contributed by atoms with E-state index in [-0.39, 0.29) is 11.8 Å². The largest absolute Gasteiger partial charge is 0.480 e. The van der Waals surface area contributed by atoms with Gasteiger partial charge in [-0.05, 0) is 25.0 Å². The number of nitrogens with one attached hydrogen (secondary N) is 1. The lowest BCUT2D eigenvalue weighted by molar-refractivity contribution is -0.140. The number of amides is 1. The van der Waals surface area contributed by atoms with Crippen LogP contribution in [0.15, 0.2) is 18.3 Å². The lowest BCUT2D eigenvalue weighted by Crippen LogP contribution is -2.44. The molecule has 1 rings (SSSR count).